The Balaban J connectivity index is 2.98. The van der Waals surface area contributed by atoms with Crippen LogP contribution in [-0.2, 0) is 19.1 Å². The van der Waals surface area contributed by atoms with Gasteiger partial charge in [0.25, 0.3) is 0 Å². The van der Waals surface area contributed by atoms with Gasteiger partial charge in [-0.15, -0.1) is 0 Å². The second-order valence-corrected chi connectivity index (χ2v) is 7.72. The summed E-state index contributed by atoms with van der Waals surface area (Å²) in [5, 5.41) is 0. The molecular weight excluding hydrogens is 282 g/mol. The highest BCUT2D eigenvalue weighted by atomic mass is 16.6. The molecule has 0 N–H and O–H groups in total. The topological polar surface area (TPSA) is 55.8 Å². The first-order valence-corrected chi connectivity index (χ1v) is 7.77. The molecule has 0 spiro atoms. The number of nitrogens with zero attached hydrogens (tertiary/aromatic N) is 1. The Morgan fingerprint density at radius 3 is 2.00 bits per heavy atom. The molecule has 1 rings (SSSR count). The highest BCUT2D eigenvalue weighted by Crippen LogP contribution is 2.27. The number of carbonyl (C=O) groups excluding carboxylic acids is 2. The second kappa shape index (κ2) is 6.71. The van der Waals surface area contributed by atoms with Gasteiger partial charge < -0.3 is 14.4 Å². The molecule has 5 nitrogen and oxygen atoms in total. The number of esters is 2. The van der Waals surface area contributed by atoms with Crippen LogP contribution < -0.4 is 0 Å². The van der Waals surface area contributed by atoms with E-state index >= 15 is 0 Å². The van der Waals surface area contributed by atoms with Gasteiger partial charge in [0.2, 0.25) is 0 Å². The summed E-state index contributed by atoms with van der Waals surface area (Å²) in [6, 6.07) is 0. The zero-order chi connectivity index (χ0) is 17.1. The van der Waals surface area contributed by atoms with Gasteiger partial charge >= 0.3 is 11.9 Å². The summed E-state index contributed by atoms with van der Waals surface area (Å²) in [5.74, 6) is -0.830. The van der Waals surface area contributed by atoms with E-state index in [-0.39, 0.29) is 6.42 Å². The Kier molecular flexibility index (Phi) is 5.65. The Hall–Kier alpha value is -1.52. The molecule has 1 aliphatic heterocycles. The van der Waals surface area contributed by atoms with Gasteiger partial charge in [-0.2, -0.15) is 0 Å². The quantitative estimate of drug-likeness (QED) is 0.592. The van der Waals surface area contributed by atoms with Gasteiger partial charge in [0.05, 0.1) is 12.0 Å². The summed E-state index contributed by atoms with van der Waals surface area (Å²) in [7, 11) is 1.93. The van der Waals surface area contributed by atoms with E-state index < -0.39 is 23.1 Å². The molecule has 0 radical (unpaired) electrons. The largest absolute Gasteiger partial charge is 0.460 e. The standard InChI is InChI=1S/C17H29NO4/c1-16(2,3)21-14(19)11-12(13-9-8-10-18(13)7)15(20)22-17(4,5)6/h8-11H2,1-7H3/b13-12+. The third kappa shape index (κ3) is 6.08. The molecule has 0 aliphatic carbocycles. The lowest BCUT2D eigenvalue weighted by molar-refractivity contribution is -0.158. The molecule has 1 fully saturated rings. The van der Waals surface area contributed by atoms with Crippen LogP contribution in [0.15, 0.2) is 11.3 Å². The SMILES string of the molecule is CN1CCC/C1=C(/CC(=O)OC(C)(C)C)C(=O)OC(C)(C)C. The first kappa shape index (κ1) is 18.5. The van der Waals surface area contributed by atoms with Crippen LogP contribution in [0.2, 0.25) is 0 Å². The first-order chi connectivity index (χ1) is 9.89. The monoisotopic (exact) mass is 311 g/mol. The number of allylic oxidation sites excluding steroid dienone is 1. The molecule has 126 valence electrons. The fourth-order valence-corrected chi connectivity index (χ4v) is 2.34. The average Bonchev–Trinajstić information content (AvgIpc) is 2.67. The van der Waals surface area contributed by atoms with Crippen LogP contribution in [0, 0.1) is 0 Å². The van der Waals surface area contributed by atoms with E-state index in [1.807, 2.05) is 53.5 Å². The minimum absolute atomic E-state index is 0.0497. The summed E-state index contributed by atoms with van der Waals surface area (Å²) >= 11 is 0. The second-order valence-electron chi connectivity index (χ2n) is 7.72. The minimum Gasteiger partial charge on any atom is -0.460 e. The van der Waals surface area contributed by atoms with E-state index in [1.54, 1.807) is 0 Å². The predicted molar refractivity (Wildman–Crippen MR) is 85.2 cm³/mol. The number of likely N-dealkylation sites (tertiary alicyclic amines) is 1. The highest BCUT2D eigenvalue weighted by molar-refractivity contribution is 5.95. The molecule has 1 aliphatic rings. The molecule has 0 saturated carbocycles. The minimum atomic E-state index is -0.589. The van der Waals surface area contributed by atoms with Crippen molar-refractivity contribution in [2.75, 3.05) is 13.6 Å². The van der Waals surface area contributed by atoms with Crippen LogP contribution in [0.5, 0.6) is 0 Å². The van der Waals surface area contributed by atoms with Crippen molar-refractivity contribution >= 4 is 11.9 Å². The number of hydrogen-bond donors (Lipinski definition) is 0. The number of rotatable bonds is 3. The maximum atomic E-state index is 12.5. The molecule has 0 aromatic heterocycles. The Labute approximate surface area is 133 Å². The van der Waals surface area contributed by atoms with Gasteiger partial charge in [-0.25, -0.2) is 4.79 Å². The van der Waals surface area contributed by atoms with Gasteiger partial charge in [0, 0.05) is 19.3 Å². The molecule has 0 bridgehead atoms. The molecular formula is C17H29NO4. The summed E-state index contributed by atoms with van der Waals surface area (Å²) in [5.41, 5.74) is 0.153. The molecule has 5 heteroatoms. The van der Waals surface area contributed by atoms with Crippen molar-refractivity contribution in [2.24, 2.45) is 0 Å². The van der Waals surface area contributed by atoms with Gasteiger partial charge in [-0.3, -0.25) is 4.79 Å². The van der Waals surface area contributed by atoms with E-state index in [2.05, 4.69) is 0 Å². The third-order valence-corrected chi connectivity index (χ3v) is 3.10. The van der Waals surface area contributed by atoms with Gasteiger partial charge in [0.15, 0.2) is 0 Å². The lowest BCUT2D eigenvalue weighted by Gasteiger charge is -2.24. The smallest absolute Gasteiger partial charge is 0.336 e. The molecule has 0 aromatic carbocycles. The summed E-state index contributed by atoms with van der Waals surface area (Å²) in [6.07, 6.45) is 1.71. The molecule has 0 aromatic rings. The predicted octanol–water partition coefficient (Wildman–Crippen LogP) is 3.04. The summed E-state index contributed by atoms with van der Waals surface area (Å²) in [4.78, 5) is 26.6. The van der Waals surface area contributed by atoms with Crippen LogP contribution in [-0.4, -0.2) is 41.6 Å². The van der Waals surface area contributed by atoms with E-state index in [1.165, 1.54) is 0 Å². The van der Waals surface area contributed by atoms with Gasteiger partial charge in [0.1, 0.15) is 11.2 Å². The maximum Gasteiger partial charge on any atom is 0.336 e. The maximum absolute atomic E-state index is 12.5. The van der Waals surface area contributed by atoms with Crippen LogP contribution in [0.4, 0.5) is 0 Å². The molecule has 0 atom stereocenters. The number of ether oxygens (including phenoxy) is 2. The Bertz CT molecular complexity index is 466. The van der Waals surface area contributed by atoms with Crippen LogP contribution in [0.25, 0.3) is 0 Å². The van der Waals surface area contributed by atoms with E-state index in [0.717, 1.165) is 25.1 Å². The fourth-order valence-electron chi connectivity index (χ4n) is 2.34. The van der Waals surface area contributed by atoms with Crippen molar-refractivity contribution in [3.63, 3.8) is 0 Å². The molecule has 0 unspecified atom stereocenters. The van der Waals surface area contributed by atoms with Gasteiger partial charge in [-0.05, 0) is 54.4 Å². The fraction of sp³-hybridized carbons (Fsp3) is 0.765. The molecule has 0 amide bonds. The molecule has 1 heterocycles. The Morgan fingerprint density at radius 1 is 1.05 bits per heavy atom. The normalized spacial score (nSPS) is 18.2. The van der Waals surface area contributed by atoms with Crippen molar-refractivity contribution in [3.05, 3.63) is 11.3 Å². The van der Waals surface area contributed by atoms with Crippen molar-refractivity contribution < 1.29 is 19.1 Å². The third-order valence-electron chi connectivity index (χ3n) is 3.10. The van der Waals surface area contributed by atoms with Crippen molar-refractivity contribution in [1.29, 1.82) is 0 Å². The van der Waals surface area contributed by atoms with E-state index in [4.69, 9.17) is 9.47 Å². The van der Waals surface area contributed by atoms with E-state index in [0.29, 0.717) is 5.57 Å². The van der Waals surface area contributed by atoms with Crippen LogP contribution in [0.3, 0.4) is 0 Å². The van der Waals surface area contributed by atoms with Gasteiger partial charge in [-0.1, -0.05) is 0 Å². The first-order valence-electron chi connectivity index (χ1n) is 7.77. The van der Waals surface area contributed by atoms with Crippen LogP contribution in [0.1, 0.15) is 60.8 Å². The van der Waals surface area contributed by atoms with Crippen molar-refractivity contribution in [1.82, 2.24) is 4.90 Å². The van der Waals surface area contributed by atoms with Crippen molar-refractivity contribution in [3.8, 4) is 0 Å². The Morgan fingerprint density at radius 2 is 1.59 bits per heavy atom. The van der Waals surface area contributed by atoms with Crippen molar-refractivity contribution in [2.45, 2.75) is 72.0 Å². The summed E-state index contributed by atoms with van der Waals surface area (Å²) in [6.45, 7) is 11.8. The lowest BCUT2D eigenvalue weighted by atomic mass is 10.1. The lowest BCUT2D eigenvalue weighted by Crippen LogP contribution is -2.29. The molecule has 1 saturated heterocycles. The zero-order valence-corrected chi connectivity index (χ0v) is 14.9. The van der Waals surface area contributed by atoms with E-state index in [9.17, 15) is 9.59 Å². The average molecular weight is 311 g/mol. The number of carbonyl (C=O) groups is 2. The van der Waals surface area contributed by atoms with Crippen LogP contribution >= 0.6 is 0 Å². The zero-order valence-electron chi connectivity index (χ0n) is 14.9. The molecule has 22 heavy (non-hydrogen) atoms. The highest BCUT2D eigenvalue weighted by Gasteiger charge is 2.29. The summed E-state index contributed by atoms with van der Waals surface area (Å²) < 4.78 is 10.8. The number of hydrogen-bond acceptors (Lipinski definition) is 5.